The Morgan fingerprint density at radius 2 is 1.89 bits per heavy atom. The number of amides is 1. The minimum absolute atomic E-state index is 0.0579. The summed E-state index contributed by atoms with van der Waals surface area (Å²) in [5.41, 5.74) is 0.281. The molecule has 0 heterocycles. The summed E-state index contributed by atoms with van der Waals surface area (Å²) in [6.07, 6.45) is 4.94. The van der Waals surface area contributed by atoms with Gasteiger partial charge in [0.15, 0.2) is 0 Å². The third-order valence-electron chi connectivity index (χ3n) is 4.35. The fourth-order valence-electron chi connectivity index (χ4n) is 3.12. The minimum atomic E-state index is 0.0579. The van der Waals surface area contributed by atoms with Crippen molar-refractivity contribution in [3.63, 3.8) is 0 Å². The monoisotopic (exact) mass is 268 g/mol. The van der Waals surface area contributed by atoms with Crippen molar-refractivity contribution in [2.24, 2.45) is 17.3 Å². The summed E-state index contributed by atoms with van der Waals surface area (Å²) in [4.78, 5) is 12.2. The highest BCUT2D eigenvalue weighted by atomic mass is 16.1. The number of rotatable bonds is 5. The van der Waals surface area contributed by atoms with E-state index in [9.17, 15) is 4.79 Å². The molecule has 1 aliphatic carbocycles. The van der Waals surface area contributed by atoms with E-state index < -0.39 is 0 Å². The molecule has 0 aromatic rings. The summed E-state index contributed by atoms with van der Waals surface area (Å²) in [6, 6.07) is 0.366. The molecule has 0 aromatic carbocycles. The van der Waals surface area contributed by atoms with Crippen LogP contribution in [-0.4, -0.2) is 25.0 Å². The maximum Gasteiger partial charge on any atom is 0.224 e. The maximum absolute atomic E-state index is 12.2. The van der Waals surface area contributed by atoms with Gasteiger partial charge in [-0.3, -0.25) is 4.79 Å². The van der Waals surface area contributed by atoms with Crippen molar-refractivity contribution in [3.8, 4) is 0 Å². The lowest BCUT2D eigenvalue weighted by molar-refractivity contribution is -0.126. The normalized spacial score (nSPS) is 25.9. The Hall–Kier alpha value is -0.570. The predicted octanol–water partition coefficient (Wildman–Crippen LogP) is 2.95. The van der Waals surface area contributed by atoms with Crippen molar-refractivity contribution in [3.05, 3.63) is 0 Å². The lowest BCUT2D eigenvalue weighted by Gasteiger charge is -2.41. The molecule has 1 fully saturated rings. The van der Waals surface area contributed by atoms with Gasteiger partial charge in [0.25, 0.3) is 0 Å². The first-order valence-corrected chi connectivity index (χ1v) is 7.87. The molecule has 0 aromatic heterocycles. The van der Waals surface area contributed by atoms with Crippen molar-refractivity contribution < 1.29 is 4.79 Å². The lowest BCUT2D eigenvalue weighted by Crippen LogP contribution is -2.49. The van der Waals surface area contributed by atoms with Gasteiger partial charge in [0.2, 0.25) is 5.91 Å². The first-order valence-electron chi connectivity index (χ1n) is 7.87. The molecule has 19 heavy (non-hydrogen) atoms. The summed E-state index contributed by atoms with van der Waals surface area (Å²) < 4.78 is 0. The highest BCUT2D eigenvalue weighted by molar-refractivity contribution is 5.78. The lowest BCUT2D eigenvalue weighted by atomic mass is 9.69. The fraction of sp³-hybridized carbons (Fsp3) is 0.938. The van der Waals surface area contributed by atoms with E-state index in [2.05, 4.69) is 38.3 Å². The van der Waals surface area contributed by atoms with Crippen LogP contribution in [0.4, 0.5) is 0 Å². The highest BCUT2D eigenvalue weighted by Gasteiger charge is 2.35. The van der Waals surface area contributed by atoms with Crippen LogP contribution in [0.2, 0.25) is 0 Å². The third-order valence-corrected chi connectivity index (χ3v) is 4.35. The van der Waals surface area contributed by atoms with Gasteiger partial charge in [-0.05, 0) is 30.7 Å². The van der Waals surface area contributed by atoms with Gasteiger partial charge in [-0.25, -0.2) is 0 Å². The Labute approximate surface area is 118 Å². The van der Waals surface area contributed by atoms with Crippen molar-refractivity contribution in [2.75, 3.05) is 13.1 Å². The first kappa shape index (κ1) is 16.5. The summed E-state index contributed by atoms with van der Waals surface area (Å²) >= 11 is 0. The largest absolute Gasteiger partial charge is 0.353 e. The average Bonchev–Trinajstić information content (AvgIpc) is 2.35. The van der Waals surface area contributed by atoms with Crippen LogP contribution in [0.25, 0.3) is 0 Å². The number of nitrogens with one attached hydrogen (secondary N) is 2. The molecule has 0 bridgehead atoms. The zero-order valence-corrected chi connectivity index (χ0v) is 13.4. The van der Waals surface area contributed by atoms with Gasteiger partial charge in [-0.1, -0.05) is 47.5 Å². The summed E-state index contributed by atoms with van der Waals surface area (Å²) in [5, 5.41) is 6.55. The molecule has 1 rings (SSSR count). The van der Waals surface area contributed by atoms with Crippen LogP contribution < -0.4 is 10.6 Å². The maximum atomic E-state index is 12.2. The molecular formula is C16H32N2O. The molecule has 1 aliphatic rings. The minimum Gasteiger partial charge on any atom is -0.353 e. The van der Waals surface area contributed by atoms with Crippen molar-refractivity contribution in [1.82, 2.24) is 10.6 Å². The average molecular weight is 268 g/mol. The van der Waals surface area contributed by atoms with Gasteiger partial charge in [-0.15, -0.1) is 0 Å². The molecule has 3 heteroatoms. The molecule has 3 atom stereocenters. The van der Waals surface area contributed by atoms with Gasteiger partial charge in [-0.2, -0.15) is 0 Å². The molecule has 112 valence electrons. The Morgan fingerprint density at radius 1 is 1.26 bits per heavy atom. The van der Waals surface area contributed by atoms with Crippen molar-refractivity contribution in [1.29, 1.82) is 0 Å². The molecule has 2 N–H and O–H groups in total. The molecule has 1 saturated carbocycles. The summed E-state index contributed by atoms with van der Waals surface area (Å²) in [7, 11) is 0. The third kappa shape index (κ3) is 5.13. The summed E-state index contributed by atoms with van der Waals surface area (Å²) in [6.45, 7) is 12.7. The predicted molar refractivity (Wildman–Crippen MR) is 81.1 cm³/mol. The van der Waals surface area contributed by atoms with Crippen LogP contribution in [0.5, 0.6) is 0 Å². The second kappa shape index (κ2) is 7.28. The summed E-state index contributed by atoms with van der Waals surface area (Å²) in [5.74, 6) is 0.876. The van der Waals surface area contributed by atoms with E-state index in [1.165, 1.54) is 19.3 Å². The number of carbonyl (C=O) groups is 1. The number of hydrogen-bond acceptors (Lipinski definition) is 2. The Morgan fingerprint density at radius 3 is 2.47 bits per heavy atom. The van der Waals surface area contributed by atoms with Crippen LogP contribution in [0.15, 0.2) is 0 Å². The van der Waals surface area contributed by atoms with Gasteiger partial charge in [0.1, 0.15) is 0 Å². The van der Waals surface area contributed by atoms with Gasteiger partial charge >= 0.3 is 0 Å². The Bertz CT molecular complexity index is 283. The molecule has 1 amide bonds. The van der Waals surface area contributed by atoms with E-state index in [1.807, 2.05) is 6.92 Å². The van der Waals surface area contributed by atoms with E-state index in [0.717, 1.165) is 19.5 Å². The second-order valence-electron chi connectivity index (χ2n) is 7.08. The van der Waals surface area contributed by atoms with Crippen LogP contribution in [0, 0.1) is 17.3 Å². The van der Waals surface area contributed by atoms with Gasteiger partial charge in [0.05, 0.1) is 0 Å². The van der Waals surface area contributed by atoms with Crippen LogP contribution in [0.1, 0.15) is 60.3 Å². The van der Waals surface area contributed by atoms with E-state index in [-0.39, 0.29) is 17.2 Å². The van der Waals surface area contributed by atoms with Gasteiger partial charge in [0, 0.05) is 18.5 Å². The number of hydrogen-bond donors (Lipinski definition) is 2. The standard InChI is InChI=1S/C16H32N2O/c1-6-17-11-12(2)15(19)18-14-10-8-7-9-13(14)16(3,4)5/h12-14,17H,6-11H2,1-5H3,(H,18,19). The van der Waals surface area contributed by atoms with Gasteiger partial charge < -0.3 is 10.6 Å². The molecule has 0 aliphatic heterocycles. The SMILES string of the molecule is CCNCC(C)C(=O)NC1CCCCC1C(C)(C)C. The van der Waals surface area contributed by atoms with E-state index in [1.54, 1.807) is 0 Å². The van der Waals surface area contributed by atoms with E-state index in [0.29, 0.717) is 12.0 Å². The van der Waals surface area contributed by atoms with Crippen LogP contribution >= 0.6 is 0 Å². The smallest absolute Gasteiger partial charge is 0.224 e. The zero-order valence-electron chi connectivity index (χ0n) is 13.4. The van der Waals surface area contributed by atoms with Crippen molar-refractivity contribution in [2.45, 2.75) is 66.3 Å². The molecular weight excluding hydrogens is 236 g/mol. The van der Waals surface area contributed by atoms with E-state index >= 15 is 0 Å². The van der Waals surface area contributed by atoms with Crippen LogP contribution in [-0.2, 0) is 4.79 Å². The molecule has 0 saturated heterocycles. The molecule has 3 unspecified atom stereocenters. The first-order chi connectivity index (χ1) is 8.86. The van der Waals surface area contributed by atoms with Crippen LogP contribution in [0.3, 0.4) is 0 Å². The van der Waals surface area contributed by atoms with E-state index in [4.69, 9.17) is 0 Å². The number of carbonyl (C=O) groups excluding carboxylic acids is 1. The Kier molecular flexibility index (Phi) is 6.31. The Balaban J connectivity index is 2.55. The molecule has 3 nitrogen and oxygen atoms in total. The quantitative estimate of drug-likeness (QED) is 0.805. The second-order valence-corrected chi connectivity index (χ2v) is 7.08. The topological polar surface area (TPSA) is 41.1 Å². The molecule has 0 spiro atoms. The highest BCUT2D eigenvalue weighted by Crippen LogP contribution is 2.38. The zero-order chi connectivity index (χ0) is 14.5. The fourth-order valence-corrected chi connectivity index (χ4v) is 3.12. The van der Waals surface area contributed by atoms with Crippen molar-refractivity contribution >= 4 is 5.91 Å². The molecule has 0 radical (unpaired) electrons.